The molecule has 8 nitrogen and oxygen atoms in total. The van der Waals surface area contributed by atoms with E-state index in [0.29, 0.717) is 48.1 Å². The number of carboxylic acids is 1. The molecule has 0 radical (unpaired) electrons. The standard InChI is InChI=1S/C52H49N2O6/c1-53(2,3)33-7-35-58-50-38-48(30-24-43-17-11-41(12-18-43)14-20-45-25-31-49(32-26-45)60-39-55)51(59-36-8-34-54(4,5)6)37-47(50)29-23-42-15-9-40(10-16-42)13-19-44-21-27-46(28-22-44)52(56)57/h9-12,15-18,21-22,25-28,31-32,37-39H,7-8,33-36H2,1-6H3/q+1/p+1. The van der Waals surface area contributed by atoms with Gasteiger partial charge >= 0.3 is 5.97 Å². The molecule has 0 aliphatic rings. The van der Waals surface area contributed by atoms with Crippen molar-refractivity contribution in [3.8, 4) is 64.6 Å². The number of nitrogens with zero attached hydrogens (tertiary/aromatic N) is 2. The van der Waals surface area contributed by atoms with Crippen LogP contribution in [0.1, 0.15) is 67.7 Å². The molecular formula is C52H50N2O6+2. The fraction of sp³-hybridized carbons (Fsp3) is 0.231. The summed E-state index contributed by atoms with van der Waals surface area (Å²) in [5.74, 6) is 26.6. The number of rotatable bonds is 13. The molecule has 0 aliphatic heterocycles. The Hall–Kier alpha value is -7.20. The van der Waals surface area contributed by atoms with E-state index in [2.05, 4.69) is 89.6 Å². The molecule has 0 atom stereocenters. The van der Waals surface area contributed by atoms with E-state index in [1.807, 2.05) is 60.7 Å². The predicted molar refractivity (Wildman–Crippen MR) is 236 cm³/mol. The number of benzene rings is 5. The summed E-state index contributed by atoms with van der Waals surface area (Å²) in [4.78, 5) is 21.7. The van der Waals surface area contributed by atoms with E-state index in [1.54, 1.807) is 48.5 Å². The molecule has 5 aromatic carbocycles. The van der Waals surface area contributed by atoms with Gasteiger partial charge in [-0.15, -0.1) is 0 Å². The van der Waals surface area contributed by atoms with Gasteiger partial charge < -0.3 is 28.3 Å². The lowest BCUT2D eigenvalue weighted by molar-refractivity contribution is -0.870. The molecule has 0 heterocycles. The predicted octanol–water partition coefficient (Wildman–Crippen LogP) is 7.47. The van der Waals surface area contributed by atoms with Gasteiger partial charge in [0.25, 0.3) is 6.47 Å². The minimum absolute atomic E-state index is 0.223. The maximum absolute atomic E-state index is 11.2. The molecule has 0 aliphatic carbocycles. The van der Waals surface area contributed by atoms with E-state index in [-0.39, 0.29) is 5.56 Å². The highest BCUT2D eigenvalue weighted by Crippen LogP contribution is 2.29. The van der Waals surface area contributed by atoms with Crippen LogP contribution < -0.4 is 14.2 Å². The van der Waals surface area contributed by atoms with E-state index in [4.69, 9.17) is 19.3 Å². The van der Waals surface area contributed by atoms with Crippen LogP contribution in [0.15, 0.2) is 109 Å². The van der Waals surface area contributed by atoms with Crippen molar-refractivity contribution < 1.29 is 37.9 Å². The van der Waals surface area contributed by atoms with E-state index in [9.17, 15) is 9.59 Å². The zero-order valence-electron chi connectivity index (χ0n) is 35.1. The molecule has 0 aromatic heterocycles. The van der Waals surface area contributed by atoms with Crippen molar-refractivity contribution in [2.75, 3.05) is 68.6 Å². The lowest BCUT2D eigenvalue weighted by Gasteiger charge is -2.24. The molecule has 0 bridgehead atoms. The van der Waals surface area contributed by atoms with Crippen LogP contribution in [-0.2, 0) is 4.79 Å². The average molecular weight is 799 g/mol. The molecule has 1 N–H and O–H groups in total. The summed E-state index contributed by atoms with van der Waals surface area (Å²) in [5.41, 5.74) is 6.46. The molecule has 0 saturated carbocycles. The quantitative estimate of drug-likeness (QED) is 0.0577. The molecule has 5 rings (SSSR count). The van der Waals surface area contributed by atoms with Crippen LogP contribution in [-0.4, -0.2) is 95.1 Å². The van der Waals surface area contributed by atoms with Crippen LogP contribution in [0.5, 0.6) is 17.2 Å². The largest absolute Gasteiger partial charge is 0.492 e. The zero-order valence-corrected chi connectivity index (χ0v) is 35.1. The number of carbonyl (C=O) groups excluding carboxylic acids is 1. The van der Waals surface area contributed by atoms with E-state index < -0.39 is 5.97 Å². The number of hydrogen-bond acceptors (Lipinski definition) is 5. The topological polar surface area (TPSA) is 82.1 Å². The van der Waals surface area contributed by atoms with Crippen molar-refractivity contribution in [2.24, 2.45) is 0 Å². The first-order valence-electron chi connectivity index (χ1n) is 19.6. The molecule has 0 spiro atoms. The lowest BCUT2D eigenvalue weighted by atomic mass is 10.1. The number of carboxylic acid groups (broad SMARTS) is 1. The average Bonchev–Trinajstić information content (AvgIpc) is 3.22. The Balaban J connectivity index is 1.42. The lowest BCUT2D eigenvalue weighted by Crippen LogP contribution is -2.36. The van der Waals surface area contributed by atoms with Crippen LogP contribution in [0.25, 0.3) is 0 Å². The van der Waals surface area contributed by atoms with Crippen molar-refractivity contribution in [1.29, 1.82) is 0 Å². The van der Waals surface area contributed by atoms with Gasteiger partial charge in [-0.05, 0) is 97.1 Å². The molecule has 8 heteroatoms. The van der Waals surface area contributed by atoms with E-state index in [0.717, 1.165) is 68.3 Å². The van der Waals surface area contributed by atoms with E-state index >= 15 is 0 Å². The van der Waals surface area contributed by atoms with Gasteiger partial charge in [-0.2, -0.15) is 0 Å². The van der Waals surface area contributed by atoms with Gasteiger partial charge in [-0.3, -0.25) is 4.79 Å². The number of ether oxygens (including phenoxy) is 3. The third-order valence-electron chi connectivity index (χ3n) is 8.87. The molecule has 60 heavy (non-hydrogen) atoms. The van der Waals surface area contributed by atoms with Gasteiger partial charge in [-0.1, -0.05) is 47.4 Å². The Labute approximate surface area is 354 Å². The molecule has 0 amide bonds. The van der Waals surface area contributed by atoms with Crippen LogP contribution in [0.3, 0.4) is 0 Å². The van der Waals surface area contributed by atoms with Crippen molar-refractivity contribution in [2.45, 2.75) is 12.8 Å². The summed E-state index contributed by atoms with van der Waals surface area (Å²) < 4.78 is 19.4. The van der Waals surface area contributed by atoms with Crippen molar-refractivity contribution in [3.05, 3.63) is 159 Å². The van der Waals surface area contributed by atoms with Crippen LogP contribution in [0, 0.1) is 47.4 Å². The van der Waals surface area contributed by atoms with E-state index in [1.165, 1.54) is 0 Å². The second-order valence-electron chi connectivity index (χ2n) is 16.1. The fourth-order valence-electron chi connectivity index (χ4n) is 5.65. The molecule has 0 fully saturated rings. The molecule has 5 aromatic rings. The minimum Gasteiger partial charge on any atom is -0.492 e. The third kappa shape index (κ3) is 14.9. The first-order chi connectivity index (χ1) is 28.7. The monoisotopic (exact) mass is 798 g/mol. The van der Waals surface area contributed by atoms with Crippen LogP contribution >= 0.6 is 0 Å². The highest BCUT2D eigenvalue weighted by molar-refractivity contribution is 5.87. The minimum atomic E-state index is -0.968. The summed E-state index contributed by atoms with van der Waals surface area (Å²) in [5, 5.41) is 9.15. The zero-order chi connectivity index (χ0) is 43.0. The number of hydrogen-bond donors (Lipinski definition) is 1. The second-order valence-corrected chi connectivity index (χ2v) is 16.1. The Kier molecular flexibility index (Phi) is 15.4. The van der Waals surface area contributed by atoms with Crippen molar-refractivity contribution >= 4 is 12.4 Å². The van der Waals surface area contributed by atoms with Gasteiger partial charge in [0.05, 0.1) is 85.3 Å². The number of carbonyl (C=O) groups is 2. The molecular weight excluding hydrogens is 749 g/mol. The Morgan fingerprint density at radius 1 is 0.517 bits per heavy atom. The molecule has 302 valence electrons. The summed E-state index contributed by atoms with van der Waals surface area (Å²) in [7, 11) is 13.0. The highest BCUT2D eigenvalue weighted by atomic mass is 16.5. The first kappa shape index (κ1) is 43.9. The Bertz CT molecular complexity index is 2520. The van der Waals surface area contributed by atoms with Gasteiger partial charge in [0.2, 0.25) is 0 Å². The maximum Gasteiger partial charge on any atom is 0.335 e. The van der Waals surface area contributed by atoms with Crippen LogP contribution in [0.4, 0.5) is 0 Å². The molecule has 0 saturated heterocycles. The smallest absolute Gasteiger partial charge is 0.335 e. The normalized spacial score (nSPS) is 10.6. The maximum atomic E-state index is 11.2. The Morgan fingerprint density at radius 2 is 0.833 bits per heavy atom. The van der Waals surface area contributed by atoms with Gasteiger partial charge in [0.15, 0.2) is 0 Å². The SMILES string of the molecule is C[N+](C)(C)CCCOc1cc(C#Cc2ccc(C#Cc3ccc(C(=O)O)cc3)cc2)c(OCCC[N+](C)(C)C)cc1C#Cc1ccc(C#Cc2ccc(OC=O)cc2)cc1. The van der Waals surface area contributed by atoms with Crippen molar-refractivity contribution in [3.63, 3.8) is 0 Å². The second kappa shape index (κ2) is 21.0. The van der Waals surface area contributed by atoms with Crippen molar-refractivity contribution in [1.82, 2.24) is 0 Å². The summed E-state index contributed by atoms with van der Waals surface area (Å²) >= 11 is 0. The highest BCUT2D eigenvalue weighted by Gasteiger charge is 2.14. The fourth-order valence-corrected chi connectivity index (χ4v) is 5.65. The first-order valence-corrected chi connectivity index (χ1v) is 19.6. The summed E-state index contributed by atoms with van der Waals surface area (Å²) in [6, 6.07) is 32.8. The van der Waals surface area contributed by atoms with Gasteiger partial charge in [-0.25, -0.2) is 4.79 Å². The summed E-state index contributed by atoms with van der Waals surface area (Å²) in [6.45, 7) is 3.34. The number of aromatic carboxylic acids is 1. The Morgan fingerprint density at radius 3 is 1.15 bits per heavy atom. The third-order valence-corrected chi connectivity index (χ3v) is 8.87. The van der Waals surface area contributed by atoms with Gasteiger partial charge in [0.1, 0.15) is 17.2 Å². The van der Waals surface area contributed by atoms with Gasteiger partial charge in [0, 0.05) is 58.4 Å². The van der Waals surface area contributed by atoms with Crippen LogP contribution in [0.2, 0.25) is 0 Å². The summed E-state index contributed by atoms with van der Waals surface area (Å²) in [6.07, 6.45) is 1.73. The number of quaternary nitrogens is 2. The molecule has 0 unspecified atom stereocenters.